The van der Waals surface area contributed by atoms with Gasteiger partial charge in [0, 0.05) is 28.0 Å². The van der Waals surface area contributed by atoms with Crippen LogP contribution in [0.25, 0.3) is 27.9 Å². The van der Waals surface area contributed by atoms with Crippen molar-refractivity contribution in [1.29, 1.82) is 0 Å². The number of nitrogens with one attached hydrogen (secondary N) is 1. The van der Waals surface area contributed by atoms with Crippen LogP contribution in [-0.2, 0) is 4.79 Å². The van der Waals surface area contributed by atoms with Crippen molar-refractivity contribution in [2.24, 2.45) is 0 Å². The fourth-order valence-electron chi connectivity index (χ4n) is 3.75. The summed E-state index contributed by atoms with van der Waals surface area (Å²) in [6, 6.07) is 23.5. The molecule has 186 valence electrons. The Bertz CT molecular complexity index is 1610. The van der Waals surface area contributed by atoms with Crippen molar-refractivity contribution in [3.05, 3.63) is 101 Å². The maximum atomic E-state index is 12.8. The number of nitrogens with zero attached hydrogens (tertiary/aromatic N) is 2. The second-order valence-electron chi connectivity index (χ2n) is 8.03. The monoisotopic (exact) mass is 531 g/mol. The first-order valence-electron chi connectivity index (χ1n) is 11.5. The van der Waals surface area contributed by atoms with E-state index in [0.717, 1.165) is 16.8 Å². The third-order valence-corrected chi connectivity index (χ3v) is 6.68. The Hall–Kier alpha value is -4.01. The van der Waals surface area contributed by atoms with Crippen LogP contribution in [0.4, 0.5) is 5.69 Å². The molecule has 5 rings (SSSR count). The first-order valence-corrected chi connectivity index (χ1v) is 12.9. The summed E-state index contributed by atoms with van der Waals surface area (Å²) in [5.41, 5.74) is 2.28. The number of ether oxygens (including phenoxy) is 1. The molecule has 7 nitrogen and oxygen atoms in total. The van der Waals surface area contributed by atoms with E-state index in [4.69, 9.17) is 25.7 Å². The van der Waals surface area contributed by atoms with Gasteiger partial charge >= 0.3 is 5.63 Å². The average Bonchev–Trinajstić information content (AvgIpc) is 3.33. The number of fused-ring (bicyclic) bond motifs is 1. The maximum absolute atomic E-state index is 12.8. The van der Waals surface area contributed by atoms with E-state index in [-0.39, 0.29) is 11.7 Å². The van der Waals surface area contributed by atoms with E-state index in [1.807, 2.05) is 41.8 Å². The van der Waals surface area contributed by atoms with Crippen molar-refractivity contribution in [3.8, 4) is 22.7 Å². The van der Waals surface area contributed by atoms with Gasteiger partial charge in [0.2, 0.25) is 5.91 Å². The number of hydrogen-bond donors (Lipinski definition) is 1. The number of amides is 1. The highest BCUT2D eigenvalue weighted by Gasteiger charge is 2.17. The van der Waals surface area contributed by atoms with Gasteiger partial charge in [0.1, 0.15) is 11.3 Å². The number of anilines is 1. The van der Waals surface area contributed by atoms with Gasteiger partial charge in [-0.3, -0.25) is 9.36 Å². The molecule has 2 aromatic heterocycles. The van der Waals surface area contributed by atoms with Crippen LogP contribution in [0.3, 0.4) is 0 Å². The summed E-state index contributed by atoms with van der Waals surface area (Å²) in [6.45, 7) is 2.49. The summed E-state index contributed by atoms with van der Waals surface area (Å²) >= 11 is 7.34. The average molecular weight is 532 g/mol. The molecule has 0 saturated carbocycles. The van der Waals surface area contributed by atoms with Gasteiger partial charge in [-0.25, -0.2) is 9.78 Å². The molecule has 0 aliphatic rings. The van der Waals surface area contributed by atoms with E-state index >= 15 is 0 Å². The molecule has 3 aromatic carbocycles. The van der Waals surface area contributed by atoms with Gasteiger partial charge in [-0.1, -0.05) is 41.6 Å². The number of para-hydroxylation sites is 1. The van der Waals surface area contributed by atoms with Gasteiger partial charge in [0.15, 0.2) is 5.16 Å². The third kappa shape index (κ3) is 5.71. The Morgan fingerprint density at radius 3 is 2.59 bits per heavy atom. The van der Waals surface area contributed by atoms with Gasteiger partial charge in [0.05, 0.1) is 23.6 Å². The Morgan fingerprint density at radius 1 is 1.08 bits per heavy atom. The summed E-state index contributed by atoms with van der Waals surface area (Å²) in [6.07, 6.45) is 1.76. The molecule has 0 unspecified atom stereocenters. The van der Waals surface area contributed by atoms with Crippen molar-refractivity contribution in [2.45, 2.75) is 12.1 Å². The van der Waals surface area contributed by atoms with Crippen molar-refractivity contribution in [2.75, 3.05) is 17.7 Å². The summed E-state index contributed by atoms with van der Waals surface area (Å²) < 4.78 is 12.8. The molecule has 0 aliphatic carbocycles. The molecule has 1 N–H and O–H groups in total. The molecule has 37 heavy (non-hydrogen) atoms. The number of aromatic nitrogens is 2. The Labute approximate surface area is 222 Å². The lowest BCUT2D eigenvalue weighted by Crippen LogP contribution is -2.14. The highest BCUT2D eigenvalue weighted by Crippen LogP contribution is 2.28. The standard InChI is InChI=1S/C28H22ClN3O4S/c1-2-35-22-13-9-20(10-14-22)30-26(33)17-37-28-31-24(16-32(28)21-11-7-19(29)8-12-21)23-15-18-5-3-4-6-25(18)36-27(23)34/h3-16H,2,17H2,1H3,(H,30,33). The number of rotatable bonds is 8. The van der Waals surface area contributed by atoms with Gasteiger partial charge in [0.25, 0.3) is 0 Å². The van der Waals surface area contributed by atoms with Gasteiger partial charge in [-0.05, 0) is 67.6 Å². The van der Waals surface area contributed by atoms with E-state index in [9.17, 15) is 9.59 Å². The normalized spacial score (nSPS) is 11.0. The topological polar surface area (TPSA) is 86.4 Å². The molecule has 0 atom stereocenters. The predicted molar refractivity (Wildman–Crippen MR) is 147 cm³/mol. The van der Waals surface area contributed by atoms with E-state index < -0.39 is 5.63 Å². The number of hydrogen-bond acceptors (Lipinski definition) is 6. The lowest BCUT2D eigenvalue weighted by molar-refractivity contribution is -0.113. The van der Waals surface area contributed by atoms with E-state index in [0.29, 0.717) is 39.3 Å². The smallest absolute Gasteiger partial charge is 0.345 e. The van der Waals surface area contributed by atoms with Crippen LogP contribution in [0.5, 0.6) is 5.75 Å². The Kier molecular flexibility index (Phi) is 7.30. The minimum Gasteiger partial charge on any atom is -0.494 e. The van der Waals surface area contributed by atoms with Crippen molar-refractivity contribution in [1.82, 2.24) is 9.55 Å². The molecule has 0 saturated heterocycles. The van der Waals surface area contributed by atoms with Crippen LogP contribution in [0, 0.1) is 0 Å². The lowest BCUT2D eigenvalue weighted by atomic mass is 10.1. The number of carbonyl (C=O) groups excluding carboxylic acids is 1. The molecule has 0 radical (unpaired) electrons. The van der Waals surface area contributed by atoms with E-state index in [1.54, 1.807) is 54.7 Å². The third-order valence-electron chi connectivity index (χ3n) is 5.48. The van der Waals surface area contributed by atoms with Crippen molar-refractivity contribution in [3.63, 3.8) is 0 Å². The van der Waals surface area contributed by atoms with Crippen LogP contribution in [-0.4, -0.2) is 27.8 Å². The minimum atomic E-state index is -0.482. The number of benzene rings is 3. The molecule has 0 spiro atoms. The number of imidazole rings is 1. The Morgan fingerprint density at radius 2 is 1.84 bits per heavy atom. The highest BCUT2D eigenvalue weighted by molar-refractivity contribution is 7.99. The van der Waals surface area contributed by atoms with Crippen LogP contribution < -0.4 is 15.7 Å². The molecule has 0 fully saturated rings. The number of carbonyl (C=O) groups is 1. The van der Waals surface area contributed by atoms with E-state index in [1.165, 1.54) is 11.8 Å². The zero-order valence-electron chi connectivity index (χ0n) is 19.8. The highest BCUT2D eigenvalue weighted by atomic mass is 35.5. The van der Waals surface area contributed by atoms with Gasteiger partial charge in [-0.2, -0.15) is 0 Å². The van der Waals surface area contributed by atoms with Gasteiger partial charge < -0.3 is 14.5 Å². The number of halogens is 1. The maximum Gasteiger partial charge on any atom is 0.345 e. The molecule has 0 bridgehead atoms. The summed E-state index contributed by atoms with van der Waals surface area (Å²) in [5, 5.41) is 4.82. The summed E-state index contributed by atoms with van der Waals surface area (Å²) in [4.78, 5) is 30.1. The molecule has 5 aromatic rings. The van der Waals surface area contributed by atoms with Crippen LogP contribution in [0.2, 0.25) is 5.02 Å². The van der Waals surface area contributed by atoms with Crippen LogP contribution >= 0.6 is 23.4 Å². The van der Waals surface area contributed by atoms with Crippen molar-refractivity contribution < 1.29 is 13.9 Å². The van der Waals surface area contributed by atoms with Gasteiger partial charge in [-0.15, -0.1) is 0 Å². The fourth-order valence-corrected chi connectivity index (χ4v) is 4.67. The van der Waals surface area contributed by atoms with Crippen LogP contribution in [0.15, 0.2) is 99.4 Å². The predicted octanol–water partition coefficient (Wildman–Crippen LogP) is 6.43. The molecule has 9 heteroatoms. The van der Waals surface area contributed by atoms with Crippen LogP contribution in [0.1, 0.15) is 6.92 Å². The molecule has 0 aliphatic heterocycles. The Balaban J connectivity index is 1.42. The van der Waals surface area contributed by atoms with Crippen molar-refractivity contribution >= 4 is 45.9 Å². The molecular weight excluding hydrogens is 510 g/mol. The zero-order chi connectivity index (χ0) is 25.8. The molecule has 1 amide bonds. The first-order chi connectivity index (χ1) is 18.0. The molecule has 2 heterocycles. The quantitative estimate of drug-likeness (QED) is 0.183. The first kappa shape index (κ1) is 24.7. The fraction of sp³-hybridized carbons (Fsp3) is 0.107. The second-order valence-corrected chi connectivity index (χ2v) is 9.41. The van der Waals surface area contributed by atoms with E-state index in [2.05, 4.69) is 5.32 Å². The molecular formula is C28H22ClN3O4S. The SMILES string of the molecule is CCOc1ccc(NC(=O)CSc2nc(-c3cc4ccccc4oc3=O)cn2-c2ccc(Cl)cc2)cc1. The minimum absolute atomic E-state index is 0.115. The summed E-state index contributed by atoms with van der Waals surface area (Å²) in [5.74, 6) is 0.668. The number of thioether (sulfide) groups is 1. The largest absolute Gasteiger partial charge is 0.494 e. The lowest BCUT2D eigenvalue weighted by Gasteiger charge is -2.09. The zero-order valence-corrected chi connectivity index (χ0v) is 21.4. The second kappa shape index (κ2) is 10.9. The summed E-state index contributed by atoms with van der Waals surface area (Å²) in [7, 11) is 0.